The Kier molecular flexibility index (Phi) is 2.09. The van der Waals surface area contributed by atoms with Gasteiger partial charge in [-0.25, -0.2) is 0 Å². The number of imide groups is 1. The van der Waals surface area contributed by atoms with Crippen molar-refractivity contribution in [3.05, 3.63) is 42.0 Å². The van der Waals surface area contributed by atoms with E-state index in [1.54, 1.807) is 24.3 Å². The van der Waals surface area contributed by atoms with Gasteiger partial charge in [0, 0.05) is 17.9 Å². The molecule has 4 heteroatoms. The molecule has 1 aromatic rings. The number of carbonyl (C=O) groups is 2. The molecule has 0 saturated carbocycles. The van der Waals surface area contributed by atoms with Gasteiger partial charge in [0.05, 0.1) is 5.57 Å². The molecule has 0 aliphatic carbocycles. The molecule has 1 aliphatic heterocycles. The van der Waals surface area contributed by atoms with Gasteiger partial charge in [-0.15, -0.1) is 0 Å². The normalized spacial score (nSPS) is 16.1. The second-order valence-corrected chi connectivity index (χ2v) is 3.19. The molecule has 0 radical (unpaired) electrons. The number of hydrogen-bond donors (Lipinski definition) is 0. The minimum atomic E-state index is -0.490. The first-order valence-electron chi connectivity index (χ1n) is 4.01. The topological polar surface area (TPSA) is 37.4 Å². The van der Waals surface area contributed by atoms with Crippen molar-refractivity contribution < 1.29 is 9.59 Å². The van der Waals surface area contributed by atoms with Crippen LogP contribution in [0.25, 0.3) is 5.57 Å². The Morgan fingerprint density at radius 1 is 1.07 bits per heavy atom. The molecule has 0 bridgehead atoms. The van der Waals surface area contributed by atoms with Crippen molar-refractivity contribution in [1.29, 1.82) is 0 Å². The second kappa shape index (κ2) is 3.27. The summed E-state index contributed by atoms with van der Waals surface area (Å²) in [5.74, 6) is -0.960. The van der Waals surface area contributed by atoms with Gasteiger partial charge < -0.3 is 0 Å². The van der Waals surface area contributed by atoms with Gasteiger partial charge in [-0.3, -0.25) is 9.59 Å². The molecule has 1 aliphatic rings. The molecule has 0 spiro atoms. The molecular weight excluding hydrogens is 202 g/mol. The Bertz CT molecular complexity index is 425. The average Bonchev–Trinajstić information content (AvgIpc) is 2.47. The summed E-state index contributed by atoms with van der Waals surface area (Å²) in [6.07, 6.45) is 1.24. The molecule has 0 unspecified atom stereocenters. The van der Waals surface area contributed by atoms with E-state index < -0.39 is 11.8 Å². The zero-order valence-electron chi connectivity index (χ0n) is 7.11. The van der Waals surface area contributed by atoms with Gasteiger partial charge in [0.25, 0.3) is 11.8 Å². The molecule has 70 valence electrons. The van der Waals surface area contributed by atoms with Crippen LogP contribution in [0.4, 0.5) is 0 Å². The predicted octanol–water partition coefficient (Wildman–Crippen LogP) is 1.59. The van der Waals surface area contributed by atoms with Crippen molar-refractivity contribution >= 4 is 29.2 Å². The van der Waals surface area contributed by atoms with E-state index in [2.05, 4.69) is 0 Å². The number of benzene rings is 1. The number of amides is 2. The molecular formula is C10H6ClNO2. The molecule has 0 fully saturated rings. The van der Waals surface area contributed by atoms with Crippen LogP contribution < -0.4 is 0 Å². The lowest BCUT2D eigenvalue weighted by atomic mass is 10.1. The molecule has 1 heterocycles. The molecule has 1 aromatic carbocycles. The largest absolute Gasteiger partial charge is 0.276 e. The maximum absolute atomic E-state index is 11.4. The van der Waals surface area contributed by atoms with Crippen molar-refractivity contribution in [2.45, 2.75) is 0 Å². The molecule has 0 aromatic heterocycles. The summed E-state index contributed by atoms with van der Waals surface area (Å²) in [6, 6.07) is 8.94. The van der Waals surface area contributed by atoms with Crippen LogP contribution in [-0.2, 0) is 9.59 Å². The lowest BCUT2D eigenvalue weighted by Crippen LogP contribution is -2.19. The summed E-state index contributed by atoms with van der Waals surface area (Å²) in [4.78, 5) is 22.5. The van der Waals surface area contributed by atoms with Crippen molar-refractivity contribution in [3.63, 3.8) is 0 Å². The molecule has 2 amide bonds. The summed E-state index contributed by atoms with van der Waals surface area (Å²) in [7, 11) is 0. The maximum Gasteiger partial charge on any atom is 0.276 e. The summed E-state index contributed by atoms with van der Waals surface area (Å²) < 4.78 is 0.586. The van der Waals surface area contributed by atoms with Crippen LogP contribution in [0, 0.1) is 0 Å². The Morgan fingerprint density at radius 2 is 1.71 bits per heavy atom. The van der Waals surface area contributed by atoms with Gasteiger partial charge in [0.15, 0.2) is 0 Å². The first-order chi connectivity index (χ1) is 6.70. The van der Waals surface area contributed by atoms with E-state index in [-0.39, 0.29) is 0 Å². The van der Waals surface area contributed by atoms with E-state index in [9.17, 15) is 9.59 Å². The highest BCUT2D eigenvalue weighted by Gasteiger charge is 2.30. The first-order valence-corrected chi connectivity index (χ1v) is 4.35. The first kappa shape index (κ1) is 8.97. The fourth-order valence-corrected chi connectivity index (χ4v) is 1.41. The summed E-state index contributed by atoms with van der Waals surface area (Å²) in [6.45, 7) is 0. The highest BCUT2D eigenvalue weighted by Crippen LogP contribution is 2.24. The highest BCUT2D eigenvalue weighted by atomic mass is 35.5. The monoisotopic (exact) mass is 207 g/mol. The van der Waals surface area contributed by atoms with Gasteiger partial charge in [0.2, 0.25) is 0 Å². The Morgan fingerprint density at radius 3 is 2.21 bits per heavy atom. The molecule has 2 rings (SSSR count). The number of halogens is 1. The van der Waals surface area contributed by atoms with Crippen molar-refractivity contribution in [1.82, 2.24) is 4.42 Å². The van der Waals surface area contributed by atoms with Crippen LogP contribution in [0.5, 0.6) is 0 Å². The van der Waals surface area contributed by atoms with Crippen LogP contribution in [-0.4, -0.2) is 16.2 Å². The number of carbonyl (C=O) groups excluding carboxylic acids is 2. The maximum atomic E-state index is 11.4. The molecule has 14 heavy (non-hydrogen) atoms. The van der Waals surface area contributed by atoms with Gasteiger partial charge in [-0.2, -0.15) is 4.42 Å². The van der Waals surface area contributed by atoms with Gasteiger partial charge in [-0.1, -0.05) is 30.3 Å². The Balaban J connectivity index is 2.43. The lowest BCUT2D eigenvalue weighted by Gasteiger charge is -2.03. The number of nitrogens with zero attached hydrogens (tertiary/aromatic N) is 1. The SMILES string of the molecule is O=C1C=C(c2ccccc2)C(=O)N1Cl. The lowest BCUT2D eigenvalue weighted by molar-refractivity contribution is -0.130. The smallest absolute Gasteiger partial charge is 0.268 e. The van der Waals surface area contributed by atoms with Gasteiger partial charge >= 0.3 is 0 Å². The summed E-state index contributed by atoms with van der Waals surface area (Å²) in [5, 5.41) is 0. The summed E-state index contributed by atoms with van der Waals surface area (Å²) >= 11 is 5.44. The fourth-order valence-electron chi connectivity index (χ4n) is 1.27. The van der Waals surface area contributed by atoms with Crippen LogP contribution in [0.15, 0.2) is 36.4 Å². The third kappa shape index (κ3) is 1.32. The molecule has 0 N–H and O–H groups in total. The third-order valence-corrected chi connectivity index (χ3v) is 2.27. The van der Waals surface area contributed by atoms with E-state index in [1.807, 2.05) is 6.07 Å². The molecule has 0 atom stereocenters. The van der Waals surface area contributed by atoms with Crippen LogP contribution in [0.1, 0.15) is 5.56 Å². The summed E-state index contributed by atoms with van der Waals surface area (Å²) in [5.41, 5.74) is 1.04. The number of hydrogen-bond acceptors (Lipinski definition) is 2. The van der Waals surface area contributed by atoms with Crippen LogP contribution in [0.2, 0.25) is 0 Å². The van der Waals surface area contributed by atoms with Crippen molar-refractivity contribution in [3.8, 4) is 0 Å². The highest BCUT2D eigenvalue weighted by molar-refractivity contribution is 6.45. The van der Waals surface area contributed by atoms with Crippen LogP contribution >= 0.6 is 11.8 Å². The minimum Gasteiger partial charge on any atom is -0.268 e. The van der Waals surface area contributed by atoms with E-state index in [1.165, 1.54) is 6.08 Å². The third-order valence-electron chi connectivity index (χ3n) is 1.95. The quantitative estimate of drug-likeness (QED) is 0.518. The van der Waals surface area contributed by atoms with E-state index in [0.29, 0.717) is 15.6 Å². The van der Waals surface area contributed by atoms with Gasteiger partial charge in [0.1, 0.15) is 0 Å². The standard InChI is InChI=1S/C10H6ClNO2/c11-12-9(13)6-8(10(12)14)7-4-2-1-3-5-7/h1-6H. The fraction of sp³-hybridized carbons (Fsp3) is 0. The molecule has 3 nitrogen and oxygen atoms in total. The minimum absolute atomic E-state index is 0.339. The second-order valence-electron chi connectivity index (χ2n) is 2.85. The Labute approximate surface area is 85.7 Å². The van der Waals surface area contributed by atoms with E-state index in [4.69, 9.17) is 11.8 Å². The van der Waals surface area contributed by atoms with Crippen molar-refractivity contribution in [2.75, 3.05) is 0 Å². The van der Waals surface area contributed by atoms with Gasteiger partial charge in [-0.05, 0) is 5.56 Å². The van der Waals surface area contributed by atoms with E-state index >= 15 is 0 Å². The van der Waals surface area contributed by atoms with Crippen LogP contribution in [0.3, 0.4) is 0 Å². The van der Waals surface area contributed by atoms with E-state index in [0.717, 1.165) is 0 Å². The zero-order chi connectivity index (χ0) is 10.1. The predicted molar refractivity (Wildman–Crippen MR) is 52.1 cm³/mol. The van der Waals surface area contributed by atoms with Crippen molar-refractivity contribution in [2.24, 2.45) is 0 Å². The zero-order valence-corrected chi connectivity index (χ0v) is 7.86. The Hall–Kier alpha value is -1.61. The average molecular weight is 208 g/mol. The molecule has 0 saturated heterocycles. The number of rotatable bonds is 1.